The third-order valence-corrected chi connectivity index (χ3v) is 3.47. The molecule has 5 nitrogen and oxygen atoms in total. The summed E-state index contributed by atoms with van der Waals surface area (Å²) in [7, 11) is 1.79. The largest absolute Gasteiger partial charge is 0.492 e. The van der Waals surface area contributed by atoms with Crippen LogP contribution >= 0.6 is 24.0 Å². The monoisotopic (exact) mass is 434 g/mol. The van der Waals surface area contributed by atoms with Crippen molar-refractivity contribution >= 4 is 29.9 Å². The van der Waals surface area contributed by atoms with E-state index in [0.717, 1.165) is 50.9 Å². The van der Waals surface area contributed by atoms with Gasteiger partial charge in [0.15, 0.2) is 5.96 Å². The van der Waals surface area contributed by atoms with Crippen LogP contribution in [0.1, 0.15) is 20.3 Å². The zero-order chi connectivity index (χ0) is 16.0. The molecule has 0 spiro atoms. The van der Waals surface area contributed by atoms with Crippen molar-refractivity contribution in [2.45, 2.75) is 20.3 Å². The van der Waals surface area contributed by atoms with E-state index in [2.05, 4.69) is 34.4 Å². The van der Waals surface area contributed by atoms with Crippen LogP contribution in [0.15, 0.2) is 35.3 Å². The smallest absolute Gasteiger partial charge is 0.191 e. The number of nitrogens with one attached hydrogen (secondary N) is 2. The summed E-state index contributed by atoms with van der Waals surface area (Å²) in [6.45, 7) is 10.0. The van der Waals surface area contributed by atoms with Crippen LogP contribution in [0.2, 0.25) is 0 Å². The van der Waals surface area contributed by atoms with Crippen molar-refractivity contribution in [3.8, 4) is 5.75 Å². The van der Waals surface area contributed by atoms with Gasteiger partial charge in [0.2, 0.25) is 0 Å². The summed E-state index contributed by atoms with van der Waals surface area (Å²) in [6.07, 6.45) is 1.11. The lowest BCUT2D eigenvalue weighted by molar-refractivity contribution is 0.300. The second-order valence-corrected chi connectivity index (χ2v) is 4.97. The van der Waals surface area contributed by atoms with Gasteiger partial charge in [-0.25, -0.2) is 0 Å². The second-order valence-electron chi connectivity index (χ2n) is 4.97. The molecule has 0 bridgehead atoms. The molecule has 0 saturated carbocycles. The molecule has 1 rings (SSSR count). The van der Waals surface area contributed by atoms with Gasteiger partial charge in [-0.2, -0.15) is 0 Å². The van der Waals surface area contributed by atoms with Crippen molar-refractivity contribution in [2.75, 3.05) is 46.4 Å². The first-order valence-electron chi connectivity index (χ1n) is 8.14. The van der Waals surface area contributed by atoms with Gasteiger partial charge in [-0.3, -0.25) is 4.99 Å². The summed E-state index contributed by atoms with van der Waals surface area (Å²) in [5.74, 6) is 1.72. The molecular formula is C17H31IN4O. The molecule has 0 aliphatic carbocycles. The number of hydrogen-bond donors (Lipinski definition) is 2. The standard InChI is InChI=1S/C17H30N4O.HI/c1-4-21(5-2)14-9-12-19-17(18-3)20-13-15-22-16-10-7-6-8-11-16;/h6-8,10-11H,4-5,9,12-15H2,1-3H3,(H2,18,19,20);1H. The molecule has 0 saturated heterocycles. The highest BCUT2D eigenvalue weighted by molar-refractivity contribution is 14.0. The predicted octanol–water partition coefficient (Wildman–Crippen LogP) is 2.58. The number of nitrogens with zero attached hydrogens (tertiary/aromatic N) is 2. The van der Waals surface area contributed by atoms with E-state index in [4.69, 9.17) is 4.74 Å². The molecule has 132 valence electrons. The molecule has 0 amide bonds. The molecule has 0 fully saturated rings. The van der Waals surface area contributed by atoms with Crippen LogP contribution < -0.4 is 15.4 Å². The number of rotatable bonds is 10. The van der Waals surface area contributed by atoms with Gasteiger partial charge in [0.25, 0.3) is 0 Å². The maximum absolute atomic E-state index is 5.64. The first-order chi connectivity index (χ1) is 10.8. The van der Waals surface area contributed by atoms with E-state index in [1.807, 2.05) is 30.3 Å². The molecule has 0 radical (unpaired) electrons. The van der Waals surface area contributed by atoms with Crippen LogP contribution in [0.3, 0.4) is 0 Å². The second kappa shape index (κ2) is 14.6. The number of hydrogen-bond acceptors (Lipinski definition) is 3. The lowest BCUT2D eigenvalue weighted by Crippen LogP contribution is -2.40. The first-order valence-corrected chi connectivity index (χ1v) is 8.14. The maximum Gasteiger partial charge on any atom is 0.191 e. The molecule has 0 atom stereocenters. The average Bonchev–Trinajstić information content (AvgIpc) is 2.57. The number of guanidine groups is 1. The van der Waals surface area contributed by atoms with Crippen LogP contribution in [0.5, 0.6) is 5.75 Å². The van der Waals surface area contributed by atoms with Crippen molar-refractivity contribution in [1.29, 1.82) is 0 Å². The van der Waals surface area contributed by atoms with Gasteiger partial charge in [-0.15, -0.1) is 24.0 Å². The fourth-order valence-corrected chi connectivity index (χ4v) is 2.12. The third kappa shape index (κ3) is 10.4. The Bertz CT molecular complexity index is 410. The third-order valence-electron chi connectivity index (χ3n) is 3.47. The highest BCUT2D eigenvalue weighted by Crippen LogP contribution is 2.07. The number of halogens is 1. The zero-order valence-corrected chi connectivity index (χ0v) is 16.9. The van der Waals surface area contributed by atoms with Crippen LogP contribution in [0, 0.1) is 0 Å². The number of benzene rings is 1. The van der Waals surface area contributed by atoms with Crippen LogP contribution in [-0.2, 0) is 0 Å². The molecule has 6 heteroatoms. The minimum atomic E-state index is 0. The molecular weight excluding hydrogens is 403 g/mol. The molecule has 1 aromatic carbocycles. The number of para-hydroxylation sites is 1. The Morgan fingerprint density at radius 3 is 2.35 bits per heavy atom. The summed E-state index contributed by atoms with van der Waals surface area (Å²) in [4.78, 5) is 6.64. The summed E-state index contributed by atoms with van der Waals surface area (Å²) >= 11 is 0. The Morgan fingerprint density at radius 1 is 1.09 bits per heavy atom. The van der Waals surface area contributed by atoms with E-state index in [-0.39, 0.29) is 24.0 Å². The molecule has 2 N–H and O–H groups in total. The summed E-state index contributed by atoms with van der Waals surface area (Å²) < 4.78 is 5.64. The van der Waals surface area contributed by atoms with Crippen molar-refractivity contribution in [3.05, 3.63) is 30.3 Å². The Labute approximate surface area is 157 Å². The fraction of sp³-hybridized carbons (Fsp3) is 0.588. The van der Waals surface area contributed by atoms with E-state index in [0.29, 0.717) is 6.61 Å². The molecule has 0 unspecified atom stereocenters. The van der Waals surface area contributed by atoms with Gasteiger partial charge in [0.1, 0.15) is 12.4 Å². The summed E-state index contributed by atoms with van der Waals surface area (Å²) in [5.41, 5.74) is 0. The Kier molecular flexibility index (Phi) is 13.9. The van der Waals surface area contributed by atoms with Crippen LogP contribution in [-0.4, -0.2) is 57.2 Å². The highest BCUT2D eigenvalue weighted by atomic mass is 127. The van der Waals surface area contributed by atoms with Gasteiger partial charge in [0, 0.05) is 13.6 Å². The molecule has 0 heterocycles. The minimum Gasteiger partial charge on any atom is -0.492 e. The number of aliphatic imine (C=N–C) groups is 1. The zero-order valence-electron chi connectivity index (χ0n) is 14.5. The predicted molar refractivity (Wildman–Crippen MR) is 109 cm³/mol. The lowest BCUT2D eigenvalue weighted by atomic mass is 10.3. The molecule has 0 aliphatic heterocycles. The summed E-state index contributed by atoms with van der Waals surface area (Å²) in [6, 6.07) is 9.84. The number of ether oxygens (including phenoxy) is 1. The molecule has 1 aromatic rings. The normalized spacial score (nSPS) is 11.0. The Balaban J connectivity index is 0.00000484. The molecule has 23 heavy (non-hydrogen) atoms. The van der Waals surface area contributed by atoms with Crippen molar-refractivity contribution < 1.29 is 4.74 Å². The van der Waals surface area contributed by atoms with Gasteiger partial charge < -0.3 is 20.3 Å². The van der Waals surface area contributed by atoms with E-state index < -0.39 is 0 Å². The van der Waals surface area contributed by atoms with Crippen molar-refractivity contribution in [1.82, 2.24) is 15.5 Å². The SMILES string of the molecule is CCN(CC)CCCNC(=NC)NCCOc1ccccc1.I. The fourth-order valence-electron chi connectivity index (χ4n) is 2.12. The maximum atomic E-state index is 5.64. The Hall–Kier alpha value is -1.02. The molecule has 0 aliphatic rings. The Morgan fingerprint density at radius 2 is 1.74 bits per heavy atom. The minimum absolute atomic E-state index is 0. The van der Waals surface area contributed by atoms with E-state index >= 15 is 0 Å². The van der Waals surface area contributed by atoms with Gasteiger partial charge in [-0.1, -0.05) is 32.0 Å². The lowest BCUT2D eigenvalue weighted by Gasteiger charge is -2.18. The quantitative estimate of drug-likeness (QED) is 0.257. The van der Waals surface area contributed by atoms with Gasteiger partial charge in [0.05, 0.1) is 6.54 Å². The van der Waals surface area contributed by atoms with E-state index in [9.17, 15) is 0 Å². The topological polar surface area (TPSA) is 48.9 Å². The van der Waals surface area contributed by atoms with E-state index in [1.54, 1.807) is 7.05 Å². The van der Waals surface area contributed by atoms with Crippen molar-refractivity contribution in [3.63, 3.8) is 0 Å². The average molecular weight is 434 g/mol. The van der Waals surface area contributed by atoms with Gasteiger partial charge in [-0.05, 0) is 38.2 Å². The van der Waals surface area contributed by atoms with Crippen LogP contribution in [0.4, 0.5) is 0 Å². The first kappa shape index (κ1) is 22.0. The summed E-state index contributed by atoms with van der Waals surface area (Å²) in [5, 5.41) is 6.58. The van der Waals surface area contributed by atoms with Crippen LogP contribution in [0.25, 0.3) is 0 Å². The van der Waals surface area contributed by atoms with E-state index in [1.165, 1.54) is 0 Å². The van der Waals surface area contributed by atoms with Crippen molar-refractivity contribution in [2.24, 2.45) is 4.99 Å². The molecule has 0 aromatic heterocycles. The highest BCUT2D eigenvalue weighted by Gasteiger charge is 2.00. The van der Waals surface area contributed by atoms with Gasteiger partial charge >= 0.3 is 0 Å².